The summed E-state index contributed by atoms with van der Waals surface area (Å²) in [5, 5.41) is 20.2. The standard InChI is InChI=1S/C17H18O6S.Na/c1-12-3-6-14(7-4-12)24(21,22)10-2-9-23-13-5-8-15(17(19)20)16(18)11-13;/h3-8,11,18H,2,9-10H2,1H3,(H,19,20);/q;+1/p-1. The Bertz CT molecular complexity index is 831. The number of carbonyl (C=O) groups is 1. The molecule has 0 aliphatic heterocycles. The minimum atomic E-state index is -3.37. The van der Waals surface area contributed by atoms with E-state index in [9.17, 15) is 23.4 Å². The fourth-order valence-corrected chi connectivity index (χ4v) is 3.36. The first kappa shape index (κ1) is 21.5. The van der Waals surface area contributed by atoms with Crippen LogP contribution in [0.25, 0.3) is 0 Å². The second-order valence-corrected chi connectivity index (χ2v) is 7.41. The number of aromatic carboxylic acids is 1. The molecule has 2 rings (SSSR count). The van der Waals surface area contributed by atoms with Crippen LogP contribution in [0.1, 0.15) is 22.3 Å². The number of carboxylic acids is 1. The Kier molecular flexibility index (Phi) is 7.95. The van der Waals surface area contributed by atoms with E-state index in [0.29, 0.717) is 0 Å². The zero-order chi connectivity index (χ0) is 17.7. The molecule has 0 saturated heterocycles. The summed E-state index contributed by atoms with van der Waals surface area (Å²) in [7, 11) is -3.37. The van der Waals surface area contributed by atoms with Crippen LogP contribution in [0.2, 0.25) is 0 Å². The summed E-state index contributed by atoms with van der Waals surface area (Å²) >= 11 is 0. The van der Waals surface area contributed by atoms with Crippen LogP contribution in [0.4, 0.5) is 0 Å². The number of aryl methyl sites for hydroxylation is 1. The zero-order valence-corrected chi connectivity index (χ0v) is 16.9. The molecule has 0 bridgehead atoms. The molecule has 2 aromatic carbocycles. The maximum atomic E-state index is 12.2. The van der Waals surface area contributed by atoms with Gasteiger partial charge in [0.05, 0.1) is 23.2 Å². The summed E-state index contributed by atoms with van der Waals surface area (Å²) in [5.41, 5.74) is 0.654. The summed E-state index contributed by atoms with van der Waals surface area (Å²) in [5.74, 6) is -1.76. The number of ether oxygens (including phenoxy) is 1. The summed E-state index contributed by atoms with van der Waals surface area (Å²) < 4.78 is 29.7. The van der Waals surface area contributed by atoms with E-state index in [1.165, 1.54) is 12.1 Å². The third-order valence-electron chi connectivity index (χ3n) is 3.40. The van der Waals surface area contributed by atoms with Crippen LogP contribution in [0.3, 0.4) is 0 Å². The number of sulfone groups is 1. The second kappa shape index (κ2) is 9.24. The van der Waals surface area contributed by atoms with E-state index in [-0.39, 0.29) is 64.5 Å². The van der Waals surface area contributed by atoms with Crippen LogP contribution >= 0.6 is 0 Å². The average Bonchev–Trinajstić information content (AvgIpc) is 2.52. The van der Waals surface area contributed by atoms with Gasteiger partial charge < -0.3 is 19.7 Å². The molecule has 0 saturated carbocycles. The molecule has 0 aliphatic rings. The maximum absolute atomic E-state index is 12.2. The SMILES string of the molecule is Cc1ccc(S(=O)(=O)CCCOc2ccc(C(=O)[O-])c(O)c2)cc1.[Na+]. The molecule has 0 amide bonds. The van der Waals surface area contributed by atoms with E-state index in [4.69, 9.17) is 4.74 Å². The molecule has 25 heavy (non-hydrogen) atoms. The molecule has 1 N–H and O–H groups in total. The van der Waals surface area contributed by atoms with Crippen LogP contribution < -0.4 is 39.4 Å². The van der Waals surface area contributed by atoms with Gasteiger partial charge in [0, 0.05) is 11.6 Å². The first-order valence-electron chi connectivity index (χ1n) is 7.26. The van der Waals surface area contributed by atoms with Crippen LogP contribution in [0.5, 0.6) is 11.5 Å². The maximum Gasteiger partial charge on any atom is 1.00 e. The normalized spacial score (nSPS) is 10.8. The molecule has 0 aliphatic carbocycles. The second-order valence-electron chi connectivity index (χ2n) is 5.30. The Hall–Kier alpha value is -1.54. The van der Waals surface area contributed by atoms with Crippen molar-refractivity contribution in [3.05, 3.63) is 53.6 Å². The first-order chi connectivity index (χ1) is 11.3. The van der Waals surface area contributed by atoms with Gasteiger partial charge in [-0.2, -0.15) is 0 Å². The molecule has 0 spiro atoms. The predicted octanol–water partition coefficient (Wildman–Crippen LogP) is -1.69. The molecule has 0 unspecified atom stereocenters. The number of phenols is 1. The van der Waals surface area contributed by atoms with Crippen molar-refractivity contribution >= 4 is 15.8 Å². The topological polar surface area (TPSA) is 104 Å². The fourth-order valence-electron chi connectivity index (χ4n) is 2.08. The van der Waals surface area contributed by atoms with Gasteiger partial charge in [-0.25, -0.2) is 8.42 Å². The fraction of sp³-hybridized carbons (Fsp3) is 0.235. The molecule has 0 atom stereocenters. The molecule has 2 aromatic rings. The third kappa shape index (κ3) is 6.04. The number of hydrogen-bond donors (Lipinski definition) is 1. The van der Waals surface area contributed by atoms with Crippen LogP contribution in [-0.2, 0) is 9.84 Å². The van der Waals surface area contributed by atoms with Gasteiger partial charge in [-0.05, 0) is 37.6 Å². The zero-order valence-electron chi connectivity index (χ0n) is 14.1. The number of aromatic hydroxyl groups is 1. The number of carboxylic acid groups (broad SMARTS) is 1. The summed E-state index contributed by atoms with van der Waals surface area (Å²) in [6.45, 7) is 2.00. The average molecular weight is 372 g/mol. The van der Waals surface area contributed by atoms with Gasteiger partial charge >= 0.3 is 29.6 Å². The van der Waals surface area contributed by atoms with Crippen molar-refractivity contribution in [3.63, 3.8) is 0 Å². The Balaban J connectivity index is 0.00000312. The number of carbonyl (C=O) groups excluding carboxylic acids is 1. The van der Waals surface area contributed by atoms with Crippen LogP contribution in [0, 0.1) is 6.92 Å². The monoisotopic (exact) mass is 372 g/mol. The van der Waals surface area contributed by atoms with E-state index in [1.54, 1.807) is 24.3 Å². The van der Waals surface area contributed by atoms with E-state index in [1.807, 2.05) is 6.92 Å². The van der Waals surface area contributed by atoms with Gasteiger partial charge in [0.1, 0.15) is 11.5 Å². The molecule has 0 radical (unpaired) electrons. The van der Waals surface area contributed by atoms with Crippen molar-refractivity contribution in [3.8, 4) is 11.5 Å². The van der Waals surface area contributed by atoms with E-state index >= 15 is 0 Å². The largest absolute Gasteiger partial charge is 1.00 e. The molecule has 0 heterocycles. The Labute approximate surface area is 168 Å². The summed E-state index contributed by atoms with van der Waals surface area (Å²) in [6.07, 6.45) is 0.263. The Morgan fingerprint density at radius 3 is 2.36 bits per heavy atom. The van der Waals surface area contributed by atoms with E-state index in [2.05, 4.69) is 0 Å². The molecule has 128 valence electrons. The van der Waals surface area contributed by atoms with Crippen LogP contribution in [-0.4, -0.2) is 31.9 Å². The number of benzene rings is 2. The quantitative estimate of drug-likeness (QED) is 0.460. The van der Waals surface area contributed by atoms with Crippen LogP contribution in [0.15, 0.2) is 47.4 Å². The smallest absolute Gasteiger partial charge is 0.545 e. The van der Waals surface area contributed by atoms with Crippen molar-refractivity contribution in [2.24, 2.45) is 0 Å². The molecule has 0 fully saturated rings. The van der Waals surface area contributed by atoms with Crippen molar-refractivity contribution < 1.29 is 57.7 Å². The van der Waals surface area contributed by atoms with Crippen molar-refractivity contribution in [2.45, 2.75) is 18.2 Å². The van der Waals surface area contributed by atoms with Crippen molar-refractivity contribution in [1.29, 1.82) is 0 Å². The van der Waals surface area contributed by atoms with E-state index < -0.39 is 21.6 Å². The predicted molar refractivity (Wildman–Crippen MR) is 85.8 cm³/mol. The minimum absolute atomic E-state index is 0. The third-order valence-corrected chi connectivity index (χ3v) is 5.21. The number of hydrogen-bond acceptors (Lipinski definition) is 6. The van der Waals surface area contributed by atoms with Gasteiger partial charge in [0.15, 0.2) is 9.84 Å². The van der Waals surface area contributed by atoms with Gasteiger partial charge in [-0.1, -0.05) is 17.7 Å². The van der Waals surface area contributed by atoms with Gasteiger partial charge in [-0.3, -0.25) is 0 Å². The molecule has 0 aromatic heterocycles. The van der Waals surface area contributed by atoms with E-state index in [0.717, 1.165) is 11.6 Å². The number of rotatable bonds is 7. The molecular weight excluding hydrogens is 355 g/mol. The minimum Gasteiger partial charge on any atom is -0.545 e. The summed E-state index contributed by atoms with van der Waals surface area (Å²) in [6, 6.07) is 10.3. The molecular formula is C17H17NaO6S. The van der Waals surface area contributed by atoms with Crippen molar-refractivity contribution in [1.82, 2.24) is 0 Å². The first-order valence-corrected chi connectivity index (χ1v) is 8.91. The molecule has 8 heteroatoms. The van der Waals surface area contributed by atoms with Gasteiger partial charge in [0.25, 0.3) is 0 Å². The van der Waals surface area contributed by atoms with Gasteiger partial charge in [-0.15, -0.1) is 0 Å². The Morgan fingerprint density at radius 2 is 1.80 bits per heavy atom. The molecule has 6 nitrogen and oxygen atoms in total. The van der Waals surface area contributed by atoms with Gasteiger partial charge in [0.2, 0.25) is 0 Å². The Morgan fingerprint density at radius 1 is 1.16 bits per heavy atom. The summed E-state index contributed by atoms with van der Waals surface area (Å²) in [4.78, 5) is 10.9. The van der Waals surface area contributed by atoms with Crippen molar-refractivity contribution in [2.75, 3.05) is 12.4 Å².